The number of aliphatic imine (C=N–C) groups is 1. The van der Waals surface area contributed by atoms with Crippen LogP contribution < -0.4 is 10.6 Å². The lowest BCUT2D eigenvalue weighted by atomic mass is 10.2. The molecule has 0 aliphatic carbocycles. The fourth-order valence-corrected chi connectivity index (χ4v) is 2.94. The van der Waals surface area contributed by atoms with Gasteiger partial charge in [-0.05, 0) is 39.3 Å². The Morgan fingerprint density at radius 3 is 2.33 bits per heavy atom. The minimum atomic E-state index is 0. The van der Waals surface area contributed by atoms with E-state index in [1.807, 2.05) is 0 Å². The zero-order valence-corrected chi connectivity index (χ0v) is 20.0. The third-order valence-electron chi connectivity index (χ3n) is 4.60. The van der Waals surface area contributed by atoms with E-state index >= 15 is 0 Å². The van der Waals surface area contributed by atoms with E-state index in [-0.39, 0.29) is 24.0 Å². The minimum absolute atomic E-state index is 0. The van der Waals surface area contributed by atoms with Crippen LogP contribution in [0.2, 0.25) is 0 Å². The molecule has 0 saturated carbocycles. The highest BCUT2D eigenvalue weighted by Crippen LogP contribution is 2.02. The molecule has 27 heavy (non-hydrogen) atoms. The van der Waals surface area contributed by atoms with Crippen LogP contribution in [-0.4, -0.2) is 102 Å². The predicted octanol–water partition coefficient (Wildman–Crippen LogP) is 1.63. The first kappa shape index (κ1) is 26.8. The Bertz CT molecular complexity index is 353. The van der Waals surface area contributed by atoms with Gasteiger partial charge in [-0.25, -0.2) is 0 Å². The summed E-state index contributed by atoms with van der Waals surface area (Å²) in [4.78, 5) is 9.72. The second-order valence-electron chi connectivity index (χ2n) is 6.63. The number of nitrogens with zero attached hydrogens (tertiary/aromatic N) is 3. The zero-order valence-electron chi connectivity index (χ0n) is 17.7. The highest BCUT2D eigenvalue weighted by atomic mass is 127. The maximum atomic E-state index is 5.46. The normalized spacial score (nSPS) is 16.2. The summed E-state index contributed by atoms with van der Waals surface area (Å²) in [6.07, 6.45) is 3.36. The number of unbranched alkanes of at least 4 members (excludes halogenated alkanes) is 1. The van der Waals surface area contributed by atoms with Crippen molar-refractivity contribution in [1.82, 2.24) is 20.4 Å². The van der Waals surface area contributed by atoms with Crippen LogP contribution in [0.3, 0.4) is 0 Å². The van der Waals surface area contributed by atoms with Gasteiger partial charge >= 0.3 is 0 Å². The third-order valence-corrected chi connectivity index (χ3v) is 4.60. The molecule has 1 saturated heterocycles. The number of likely N-dealkylation sites (N-methyl/N-ethyl adjacent to an activating group) is 1. The molecule has 1 heterocycles. The van der Waals surface area contributed by atoms with Gasteiger partial charge in [0.1, 0.15) is 0 Å². The van der Waals surface area contributed by atoms with Gasteiger partial charge in [-0.2, -0.15) is 0 Å². The molecule has 0 bridgehead atoms. The average Bonchev–Trinajstić information content (AvgIpc) is 2.67. The second kappa shape index (κ2) is 19.2. The minimum Gasteiger partial charge on any atom is -0.382 e. The van der Waals surface area contributed by atoms with Gasteiger partial charge in [0, 0.05) is 59.5 Å². The van der Waals surface area contributed by atoms with Gasteiger partial charge in [-0.3, -0.25) is 4.99 Å². The number of ether oxygens (including phenoxy) is 2. The molecular weight excluding hydrogens is 457 g/mol. The van der Waals surface area contributed by atoms with Gasteiger partial charge in [0.25, 0.3) is 0 Å². The van der Waals surface area contributed by atoms with Crippen molar-refractivity contribution in [3.8, 4) is 0 Å². The smallest absolute Gasteiger partial charge is 0.191 e. The standard InChI is InChI=1S/C19H41N5O2.HI/c1-4-20-19(22-10-8-16-26-18-17-25-3)21-9-6-7-11-24-14-12-23(5-2)13-15-24;/h4-18H2,1-3H3,(H2,20,21,22);1H. The van der Waals surface area contributed by atoms with Gasteiger partial charge in [0.15, 0.2) is 5.96 Å². The molecule has 2 N–H and O–H groups in total. The maximum Gasteiger partial charge on any atom is 0.191 e. The van der Waals surface area contributed by atoms with Crippen molar-refractivity contribution in [2.75, 3.05) is 85.8 Å². The van der Waals surface area contributed by atoms with Crippen LogP contribution in [0.4, 0.5) is 0 Å². The number of hydrogen-bond acceptors (Lipinski definition) is 5. The lowest BCUT2D eigenvalue weighted by molar-refractivity contribution is 0.0702. The van der Waals surface area contributed by atoms with E-state index in [2.05, 4.69) is 39.3 Å². The molecule has 0 aromatic carbocycles. The van der Waals surface area contributed by atoms with Gasteiger partial charge in [-0.15, -0.1) is 24.0 Å². The zero-order chi connectivity index (χ0) is 18.9. The van der Waals surface area contributed by atoms with E-state index in [0.717, 1.165) is 38.6 Å². The van der Waals surface area contributed by atoms with Crippen molar-refractivity contribution in [2.24, 2.45) is 4.99 Å². The molecule has 0 unspecified atom stereocenters. The van der Waals surface area contributed by atoms with Crippen LogP contribution in [0, 0.1) is 0 Å². The van der Waals surface area contributed by atoms with E-state index < -0.39 is 0 Å². The van der Waals surface area contributed by atoms with Gasteiger partial charge < -0.3 is 29.9 Å². The van der Waals surface area contributed by atoms with Crippen LogP contribution in [-0.2, 0) is 9.47 Å². The summed E-state index contributed by atoms with van der Waals surface area (Å²) >= 11 is 0. The molecule has 0 amide bonds. The van der Waals surface area contributed by atoms with Crippen LogP contribution in [0.1, 0.15) is 33.1 Å². The Kier molecular flexibility index (Phi) is 19.1. The molecule has 0 aromatic rings. The molecule has 1 aliphatic rings. The summed E-state index contributed by atoms with van der Waals surface area (Å²) < 4.78 is 10.4. The molecule has 162 valence electrons. The van der Waals surface area contributed by atoms with Crippen molar-refractivity contribution in [1.29, 1.82) is 0 Å². The first-order valence-corrected chi connectivity index (χ1v) is 10.3. The SMILES string of the molecule is CCNC(=NCCCOCCOC)NCCCCN1CCN(CC)CC1.I. The number of rotatable bonds is 14. The van der Waals surface area contributed by atoms with E-state index in [0.29, 0.717) is 13.2 Å². The predicted molar refractivity (Wildman–Crippen MR) is 124 cm³/mol. The monoisotopic (exact) mass is 499 g/mol. The Morgan fingerprint density at radius 2 is 1.67 bits per heavy atom. The van der Waals surface area contributed by atoms with Crippen molar-refractivity contribution in [3.05, 3.63) is 0 Å². The molecule has 1 aliphatic heterocycles. The van der Waals surface area contributed by atoms with Crippen molar-refractivity contribution in [2.45, 2.75) is 33.1 Å². The maximum absolute atomic E-state index is 5.46. The van der Waals surface area contributed by atoms with Crippen LogP contribution in [0.5, 0.6) is 0 Å². The summed E-state index contributed by atoms with van der Waals surface area (Å²) in [7, 11) is 1.69. The largest absolute Gasteiger partial charge is 0.382 e. The molecular formula is C19H42IN5O2. The average molecular weight is 499 g/mol. The van der Waals surface area contributed by atoms with E-state index in [1.54, 1.807) is 7.11 Å². The van der Waals surface area contributed by atoms with Crippen molar-refractivity contribution >= 4 is 29.9 Å². The van der Waals surface area contributed by atoms with Crippen molar-refractivity contribution in [3.63, 3.8) is 0 Å². The third kappa shape index (κ3) is 14.5. The number of methoxy groups -OCH3 is 1. The van der Waals surface area contributed by atoms with E-state index in [4.69, 9.17) is 9.47 Å². The topological polar surface area (TPSA) is 61.4 Å². The van der Waals surface area contributed by atoms with Gasteiger partial charge in [0.2, 0.25) is 0 Å². The van der Waals surface area contributed by atoms with E-state index in [9.17, 15) is 0 Å². The summed E-state index contributed by atoms with van der Waals surface area (Å²) in [6.45, 7) is 16.3. The highest BCUT2D eigenvalue weighted by molar-refractivity contribution is 14.0. The molecule has 0 spiro atoms. The summed E-state index contributed by atoms with van der Waals surface area (Å²) in [5, 5.41) is 6.74. The number of hydrogen-bond donors (Lipinski definition) is 2. The second-order valence-corrected chi connectivity index (χ2v) is 6.63. The fourth-order valence-electron chi connectivity index (χ4n) is 2.94. The highest BCUT2D eigenvalue weighted by Gasteiger charge is 2.14. The summed E-state index contributed by atoms with van der Waals surface area (Å²) in [5.74, 6) is 0.918. The molecule has 0 aromatic heterocycles. The fraction of sp³-hybridized carbons (Fsp3) is 0.947. The lowest BCUT2D eigenvalue weighted by Crippen LogP contribution is -2.46. The molecule has 8 heteroatoms. The molecule has 0 radical (unpaired) electrons. The van der Waals surface area contributed by atoms with E-state index in [1.165, 1.54) is 52.1 Å². The number of nitrogens with one attached hydrogen (secondary N) is 2. The van der Waals surface area contributed by atoms with Crippen LogP contribution in [0.25, 0.3) is 0 Å². The van der Waals surface area contributed by atoms with Gasteiger partial charge in [-0.1, -0.05) is 6.92 Å². The Morgan fingerprint density at radius 1 is 0.926 bits per heavy atom. The van der Waals surface area contributed by atoms with Crippen LogP contribution in [0.15, 0.2) is 4.99 Å². The summed E-state index contributed by atoms with van der Waals surface area (Å²) in [6, 6.07) is 0. The Hall–Kier alpha value is -0.160. The van der Waals surface area contributed by atoms with Crippen molar-refractivity contribution < 1.29 is 9.47 Å². The van der Waals surface area contributed by atoms with Crippen LogP contribution >= 0.6 is 24.0 Å². The number of guanidine groups is 1. The molecule has 0 atom stereocenters. The molecule has 1 rings (SSSR count). The molecule has 1 fully saturated rings. The lowest BCUT2D eigenvalue weighted by Gasteiger charge is -2.34. The van der Waals surface area contributed by atoms with Gasteiger partial charge in [0.05, 0.1) is 13.2 Å². The number of piperazine rings is 1. The first-order valence-electron chi connectivity index (χ1n) is 10.3. The Labute approximate surface area is 183 Å². The summed E-state index contributed by atoms with van der Waals surface area (Å²) in [5.41, 5.74) is 0. The number of halogens is 1. The Balaban J connectivity index is 0.00000676. The molecule has 7 nitrogen and oxygen atoms in total. The first-order chi connectivity index (χ1) is 12.8. The quantitative estimate of drug-likeness (QED) is 0.164.